The minimum absolute atomic E-state index is 0.0294. The van der Waals surface area contributed by atoms with Crippen LogP contribution in [-0.2, 0) is 9.53 Å². The van der Waals surface area contributed by atoms with Crippen molar-refractivity contribution in [2.24, 2.45) is 5.92 Å². The van der Waals surface area contributed by atoms with Crippen LogP contribution in [0.25, 0.3) is 0 Å². The van der Waals surface area contributed by atoms with Crippen molar-refractivity contribution in [2.75, 3.05) is 33.4 Å². The first-order chi connectivity index (χ1) is 9.25. The number of carboxylic acid groups (broad SMARTS) is 1. The van der Waals surface area contributed by atoms with Gasteiger partial charge in [0.05, 0.1) is 13.0 Å². The van der Waals surface area contributed by atoms with E-state index in [1.165, 1.54) is 0 Å². The van der Waals surface area contributed by atoms with Crippen molar-refractivity contribution in [3.63, 3.8) is 0 Å². The van der Waals surface area contributed by atoms with E-state index in [4.69, 9.17) is 9.84 Å². The Morgan fingerprint density at radius 3 is 2.55 bits per heavy atom. The highest BCUT2D eigenvalue weighted by atomic mass is 16.5. The van der Waals surface area contributed by atoms with Crippen molar-refractivity contribution in [3.8, 4) is 0 Å². The van der Waals surface area contributed by atoms with Crippen LogP contribution in [0.4, 0.5) is 4.79 Å². The lowest BCUT2D eigenvalue weighted by molar-refractivity contribution is -0.137. The van der Waals surface area contributed by atoms with Crippen LogP contribution in [0.3, 0.4) is 0 Å². The summed E-state index contributed by atoms with van der Waals surface area (Å²) in [5, 5.41) is 8.82. The van der Waals surface area contributed by atoms with E-state index < -0.39 is 5.97 Å². The highest BCUT2D eigenvalue weighted by Crippen LogP contribution is 2.22. The Morgan fingerprint density at radius 1 is 1.40 bits per heavy atom. The van der Waals surface area contributed by atoms with Gasteiger partial charge in [0.1, 0.15) is 0 Å². The highest BCUT2D eigenvalue weighted by Gasteiger charge is 2.34. The molecule has 2 amide bonds. The normalized spacial score (nSPS) is 19.2. The molecule has 0 aliphatic carbocycles. The summed E-state index contributed by atoms with van der Waals surface area (Å²) in [7, 11) is 1.67. The Hall–Kier alpha value is -1.30. The maximum atomic E-state index is 12.6. The summed E-state index contributed by atoms with van der Waals surface area (Å²) in [4.78, 5) is 26.8. The molecule has 6 heteroatoms. The zero-order valence-corrected chi connectivity index (χ0v) is 12.9. The number of hydrogen-bond donors (Lipinski definition) is 1. The fourth-order valence-corrected chi connectivity index (χ4v) is 2.47. The Balaban J connectivity index is 2.66. The van der Waals surface area contributed by atoms with Gasteiger partial charge in [-0.2, -0.15) is 0 Å². The first-order valence-electron chi connectivity index (χ1n) is 7.03. The van der Waals surface area contributed by atoms with Gasteiger partial charge in [0, 0.05) is 38.2 Å². The molecule has 20 heavy (non-hydrogen) atoms. The number of hydrogen-bond acceptors (Lipinski definition) is 3. The van der Waals surface area contributed by atoms with Crippen LogP contribution in [-0.4, -0.2) is 65.8 Å². The van der Waals surface area contributed by atoms with Gasteiger partial charge in [-0.15, -0.1) is 0 Å². The SMILES string of the molecule is COCC1CCN(C(=O)N(CCC(=O)O)C(C)(C)C)C1. The standard InChI is InChI=1S/C14H26N2O4/c1-14(2,3)16(8-6-12(17)18)13(19)15-7-5-11(9-15)10-20-4/h11H,5-10H2,1-4H3,(H,17,18). The largest absolute Gasteiger partial charge is 0.481 e. The van der Waals surface area contributed by atoms with Gasteiger partial charge in [0.25, 0.3) is 0 Å². The van der Waals surface area contributed by atoms with E-state index in [-0.39, 0.29) is 24.5 Å². The highest BCUT2D eigenvalue weighted by molar-refractivity contribution is 5.76. The molecule has 116 valence electrons. The molecule has 1 aliphatic rings. The summed E-state index contributed by atoms with van der Waals surface area (Å²) in [6, 6.07) is -0.0719. The molecule has 1 unspecified atom stereocenters. The number of carbonyl (C=O) groups is 2. The quantitative estimate of drug-likeness (QED) is 0.834. The van der Waals surface area contributed by atoms with E-state index in [0.717, 1.165) is 6.42 Å². The number of rotatable bonds is 5. The van der Waals surface area contributed by atoms with E-state index in [1.807, 2.05) is 20.8 Å². The second kappa shape index (κ2) is 6.92. The molecule has 1 atom stereocenters. The van der Waals surface area contributed by atoms with Gasteiger partial charge in [0.2, 0.25) is 0 Å². The topological polar surface area (TPSA) is 70.1 Å². The maximum Gasteiger partial charge on any atom is 0.320 e. The van der Waals surface area contributed by atoms with Crippen molar-refractivity contribution < 1.29 is 19.4 Å². The molecule has 1 N–H and O–H groups in total. The Labute approximate surface area is 120 Å². The minimum Gasteiger partial charge on any atom is -0.481 e. The number of urea groups is 1. The van der Waals surface area contributed by atoms with Crippen LogP contribution < -0.4 is 0 Å². The van der Waals surface area contributed by atoms with Gasteiger partial charge in [-0.25, -0.2) is 4.79 Å². The number of amides is 2. The van der Waals surface area contributed by atoms with E-state index in [2.05, 4.69) is 0 Å². The molecular formula is C14H26N2O4. The Morgan fingerprint density at radius 2 is 2.05 bits per heavy atom. The van der Waals surface area contributed by atoms with Crippen molar-refractivity contribution in [1.29, 1.82) is 0 Å². The predicted molar refractivity (Wildman–Crippen MR) is 75.7 cm³/mol. The average Bonchev–Trinajstić information content (AvgIpc) is 2.76. The third-order valence-corrected chi connectivity index (χ3v) is 3.55. The first-order valence-corrected chi connectivity index (χ1v) is 7.03. The van der Waals surface area contributed by atoms with Gasteiger partial charge in [0.15, 0.2) is 0 Å². The van der Waals surface area contributed by atoms with E-state index in [9.17, 15) is 9.59 Å². The van der Waals surface area contributed by atoms with Gasteiger partial charge in [-0.05, 0) is 27.2 Å². The number of aliphatic carboxylic acids is 1. The number of nitrogens with zero attached hydrogens (tertiary/aromatic N) is 2. The molecule has 1 heterocycles. The maximum absolute atomic E-state index is 12.6. The van der Waals surface area contributed by atoms with E-state index in [0.29, 0.717) is 25.6 Å². The van der Waals surface area contributed by atoms with Gasteiger partial charge < -0.3 is 19.6 Å². The van der Waals surface area contributed by atoms with Gasteiger partial charge in [-0.3, -0.25) is 4.79 Å². The number of ether oxygens (including phenoxy) is 1. The molecule has 1 rings (SSSR count). The van der Waals surface area contributed by atoms with Crippen LogP contribution in [0.1, 0.15) is 33.6 Å². The van der Waals surface area contributed by atoms with Crippen LogP contribution in [0.15, 0.2) is 0 Å². The van der Waals surface area contributed by atoms with Crippen LogP contribution >= 0.6 is 0 Å². The van der Waals surface area contributed by atoms with E-state index in [1.54, 1.807) is 16.9 Å². The first kappa shape index (κ1) is 16.8. The Bertz CT molecular complexity index is 352. The molecule has 0 spiro atoms. The fourth-order valence-electron chi connectivity index (χ4n) is 2.47. The molecule has 0 aromatic heterocycles. The van der Waals surface area contributed by atoms with E-state index >= 15 is 0 Å². The van der Waals surface area contributed by atoms with Crippen LogP contribution in [0.5, 0.6) is 0 Å². The molecule has 0 aromatic rings. The lowest BCUT2D eigenvalue weighted by atomic mass is 10.1. The number of likely N-dealkylation sites (tertiary alicyclic amines) is 1. The minimum atomic E-state index is -0.884. The second-order valence-corrected chi connectivity index (χ2v) is 6.30. The van der Waals surface area contributed by atoms with Crippen LogP contribution in [0, 0.1) is 5.92 Å². The number of carbonyl (C=O) groups excluding carboxylic acids is 1. The molecule has 0 saturated carbocycles. The smallest absolute Gasteiger partial charge is 0.320 e. The van der Waals surface area contributed by atoms with Crippen molar-refractivity contribution >= 4 is 12.0 Å². The average molecular weight is 286 g/mol. The molecule has 1 aliphatic heterocycles. The number of methoxy groups -OCH3 is 1. The molecule has 0 bridgehead atoms. The van der Waals surface area contributed by atoms with Gasteiger partial charge in [-0.1, -0.05) is 0 Å². The summed E-state index contributed by atoms with van der Waals surface area (Å²) < 4.78 is 5.13. The Kier molecular flexibility index (Phi) is 5.80. The zero-order valence-electron chi connectivity index (χ0n) is 12.9. The summed E-state index contributed by atoms with van der Waals surface area (Å²) in [6.45, 7) is 8.08. The zero-order chi connectivity index (χ0) is 15.3. The van der Waals surface area contributed by atoms with Crippen molar-refractivity contribution in [1.82, 2.24) is 9.80 Å². The summed E-state index contributed by atoms with van der Waals surface area (Å²) in [5.74, 6) is -0.504. The molecule has 0 aromatic carbocycles. The molecule has 6 nitrogen and oxygen atoms in total. The van der Waals surface area contributed by atoms with Gasteiger partial charge >= 0.3 is 12.0 Å². The summed E-state index contributed by atoms with van der Waals surface area (Å²) in [5.41, 5.74) is -0.383. The number of carboxylic acids is 1. The monoisotopic (exact) mass is 286 g/mol. The van der Waals surface area contributed by atoms with Crippen LogP contribution in [0.2, 0.25) is 0 Å². The predicted octanol–water partition coefficient (Wildman–Crippen LogP) is 1.65. The second-order valence-electron chi connectivity index (χ2n) is 6.30. The van der Waals surface area contributed by atoms with Crippen molar-refractivity contribution in [3.05, 3.63) is 0 Å². The summed E-state index contributed by atoms with van der Waals surface area (Å²) >= 11 is 0. The third-order valence-electron chi connectivity index (χ3n) is 3.55. The fraction of sp³-hybridized carbons (Fsp3) is 0.857. The molecule has 1 saturated heterocycles. The lowest BCUT2D eigenvalue weighted by Crippen LogP contribution is -2.52. The lowest BCUT2D eigenvalue weighted by Gasteiger charge is -2.38. The molecular weight excluding hydrogens is 260 g/mol. The molecule has 1 fully saturated rings. The third kappa shape index (κ3) is 4.67. The summed E-state index contributed by atoms with van der Waals surface area (Å²) in [6.07, 6.45) is 0.912. The van der Waals surface area contributed by atoms with Crippen molar-refractivity contribution in [2.45, 2.75) is 39.2 Å². The molecule has 0 radical (unpaired) electrons.